The summed E-state index contributed by atoms with van der Waals surface area (Å²) in [6, 6.07) is 8.49. The molecule has 0 bridgehead atoms. The molecule has 2 atom stereocenters. The zero-order valence-corrected chi connectivity index (χ0v) is 11.5. The van der Waals surface area contributed by atoms with Crippen molar-refractivity contribution in [3.05, 3.63) is 29.8 Å². The van der Waals surface area contributed by atoms with Crippen molar-refractivity contribution in [3.63, 3.8) is 0 Å². The first-order chi connectivity index (χ1) is 8.22. The van der Waals surface area contributed by atoms with E-state index in [1.807, 2.05) is 13.1 Å². The maximum absolute atomic E-state index is 5.31. The summed E-state index contributed by atoms with van der Waals surface area (Å²) in [5, 5.41) is 3.27. The summed E-state index contributed by atoms with van der Waals surface area (Å²) < 4.78 is 5.31. The van der Waals surface area contributed by atoms with Gasteiger partial charge in [0, 0.05) is 0 Å². The van der Waals surface area contributed by atoms with E-state index in [4.69, 9.17) is 4.74 Å². The van der Waals surface area contributed by atoms with E-state index in [0.29, 0.717) is 11.8 Å². The van der Waals surface area contributed by atoms with Crippen molar-refractivity contribution in [2.75, 3.05) is 20.7 Å². The minimum atomic E-state index is 0.613. The molecule has 0 heterocycles. The van der Waals surface area contributed by atoms with Crippen molar-refractivity contribution < 1.29 is 4.74 Å². The van der Waals surface area contributed by atoms with Crippen molar-refractivity contribution in [1.82, 2.24) is 5.32 Å². The van der Waals surface area contributed by atoms with Gasteiger partial charge in [-0.15, -0.1) is 0 Å². The van der Waals surface area contributed by atoms with Crippen molar-refractivity contribution in [1.29, 1.82) is 0 Å². The summed E-state index contributed by atoms with van der Waals surface area (Å²) in [5.41, 5.74) is 1.40. The van der Waals surface area contributed by atoms with Crippen LogP contribution in [0.1, 0.15) is 38.2 Å². The Balaban J connectivity index is 2.87. The molecule has 1 aromatic rings. The molecule has 1 N–H and O–H groups in total. The molecular weight excluding hydrogens is 210 g/mol. The smallest absolute Gasteiger partial charge is 0.119 e. The average molecular weight is 235 g/mol. The molecule has 0 spiro atoms. The van der Waals surface area contributed by atoms with E-state index >= 15 is 0 Å². The number of rotatable bonds is 7. The zero-order valence-electron chi connectivity index (χ0n) is 11.5. The van der Waals surface area contributed by atoms with Crippen LogP contribution in [0.15, 0.2) is 24.3 Å². The largest absolute Gasteiger partial charge is 0.497 e. The second-order valence-corrected chi connectivity index (χ2v) is 4.71. The maximum atomic E-state index is 5.31. The average Bonchev–Trinajstić information content (AvgIpc) is 2.36. The number of hydrogen-bond donors (Lipinski definition) is 1. The first-order valence-electron chi connectivity index (χ1n) is 6.51. The Bertz CT molecular complexity index is 324. The molecule has 0 amide bonds. The van der Waals surface area contributed by atoms with E-state index in [1.54, 1.807) is 7.11 Å². The molecule has 0 saturated carbocycles. The number of nitrogens with one attached hydrogen (secondary N) is 1. The third kappa shape index (κ3) is 4.04. The van der Waals surface area contributed by atoms with Crippen molar-refractivity contribution in [2.45, 2.75) is 32.6 Å². The number of benzene rings is 1. The third-order valence-corrected chi connectivity index (χ3v) is 3.33. The van der Waals surface area contributed by atoms with Gasteiger partial charge >= 0.3 is 0 Å². The highest BCUT2D eigenvalue weighted by atomic mass is 16.5. The number of ether oxygens (including phenoxy) is 1. The van der Waals surface area contributed by atoms with Gasteiger partial charge < -0.3 is 10.1 Å². The molecule has 0 aromatic heterocycles. The zero-order chi connectivity index (χ0) is 12.7. The standard InChI is InChI=1S/C15H25NO/c1-5-7-15(12(2)11-16-3)13-8-6-9-14(10-13)17-4/h6,8-10,12,15-16H,5,7,11H2,1-4H3. The van der Waals surface area contributed by atoms with Gasteiger partial charge in [-0.25, -0.2) is 0 Å². The van der Waals surface area contributed by atoms with E-state index in [-0.39, 0.29) is 0 Å². The first kappa shape index (κ1) is 14.0. The Morgan fingerprint density at radius 3 is 2.71 bits per heavy atom. The molecule has 1 aromatic carbocycles. The van der Waals surface area contributed by atoms with Gasteiger partial charge in [0.15, 0.2) is 0 Å². The fourth-order valence-electron chi connectivity index (χ4n) is 2.43. The maximum Gasteiger partial charge on any atom is 0.119 e. The van der Waals surface area contributed by atoms with Crippen LogP contribution in [0.25, 0.3) is 0 Å². The Labute approximate surface area is 105 Å². The van der Waals surface area contributed by atoms with Crippen LogP contribution in [0.4, 0.5) is 0 Å². The monoisotopic (exact) mass is 235 g/mol. The molecular formula is C15H25NO. The van der Waals surface area contributed by atoms with Gasteiger partial charge in [-0.3, -0.25) is 0 Å². The van der Waals surface area contributed by atoms with E-state index in [0.717, 1.165) is 12.3 Å². The molecule has 2 heteroatoms. The molecule has 0 saturated heterocycles. The minimum Gasteiger partial charge on any atom is -0.497 e. The Morgan fingerprint density at radius 2 is 2.12 bits per heavy atom. The lowest BCUT2D eigenvalue weighted by molar-refractivity contribution is 0.402. The van der Waals surface area contributed by atoms with Crippen molar-refractivity contribution >= 4 is 0 Å². The van der Waals surface area contributed by atoms with Gasteiger partial charge in [-0.1, -0.05) is 32.4 Å². The third-order valence-electron chi connectivity index (χ3n) is 3.33. The summed E-state index contributed by atoms with van der Waals surface area (Å²) in [6.07, 6.45) is 2.45. The molecule has 0 fully saturated rings. The van der Waals surface area contributed by atoms with Crippen LogP contribution in [0, 0.1) is 5.92 Å². The molecule has 2 unspecified atom stereocenters. The highest BCUT2D eigenvalue weighted by Gasteiger charge is 2.18. The first-order valence-corrected chi connectivity index (χ1v) is 6.51. The molecule has 0 aliphatic carbocycles. The highest BCUT2D eigenvalue weighted by molar-refractivity contribution is 5.31. The van der Waals surface area contributed by atoms with E-state index in [1.165, 1.54) is 18.4 Å². The lowest BCUT2D eigenvalue weighted by atomic mass is 9.84. The van der Waals surface area contributed by atoms with Crippen molar-refractivity contribution in [3.8, 4) is 5.75 Å². The van der Waals surface area contributed by atoms with Crippen LogP contribution < -0.4 is 10.1 Å². The van der Waals surface area contributed by atoms with Gasteiger partial charge in [0.2, 0.25) is 0 Å². The minimum absolute atomic E-state index is 0.613. The topological polar surface area (TPSA) is 21.3 Å². The molecule has 17 heavy (non-hydrogen) atoms. The fraction of sp³-hybridized carbons (Fsp3) is 0.600. The highest BCUT2D eigenvalue weighted by Crippen LogP contribution is 2.31. The van der Waals surface area contributed by atoms with E-state index in [2.05, 4.69) is 37.4 Å². The van der Waals surface area contributed by atoms with Crippen LogP contribution in [0.5, 0.6) is 5.75 Å². The van der Waals surface area contributed by atoms with Crippen LogP contribution in [-0.4, -0.2) is 20.7 Å². The summed E-state index contributed by atoms with van der Waals surface area (Å²) in [4.78, 5) is 0. The molecule has 0 aliphatic rings. The van der Waals surface area contributed by atoms with Gasteiger partial charge in [-0.05, 0) is 49.5 Å². The Morgan fingerprint density at radius 1 is 1.35 bits per heavy atom. The van der Waals surface area contributed by atoms with Crippen LogP contribution in [-0.2, 0) is 0 Å². The summed E-state index contributed by atoms with van der Waals surface area (Å²) in [7, 11) is 3.75. The van der Waals surface area contributed by atoms with Crippen molar-refractivity contribution in [2.24, 2.45) is 5.92 Å². The SMILES string of the molecule is CCCC(c1cccc(OC)c1)C(C)CNC. The van der Waals surface area contributed by atoms with Gasteiger partial charge in [-0.2, -0.15) is 0 Å². The molecule has 0 aliphatic heterocycles. The lowest BCUT2D eigenvalue weighted by Gasteiger charge is -2.24. The van der Waals surface area contributed by atoms with Gasteiger partial charge in [0.1, 0.15) is 5.75 Å². The quantitative estimate of drug-likeness (QED) is 0.781. The van der Waals surface area contributed by atoms with Gasteiger partial charge in [0.25, 0.3) is 0 Å². The van der Waals surface area contributed by atoms with Crippen LogP contribution in [0.3, 0.4) is 0 Å². The molecule has 1 rings (SSSR count). The lowest BCUT2D eigenvalue weighted by Crippen LogP contribution is -2.22. The summed E-state index contributed by atoms with van der Waals surface area (Å²) >= 11 is 0. The van der Waals surface area contributed by atoms with Crippen LogP contribution >= 0.6 is 0 Å². The van der Waals surface area contributed by atoms with Crippen LogP contribution in [0.2, 0.25) is 0 Å². The molecule has 96 valence electrons. The second-order valence-electron chi connectivity index (χ2n) is 4.71. The molecule has 2 nitrogen and oxygen atoms in total. The van der Waals surface area contributed by atoms with Gasteiger partial charge in [0.05, 0.1) is 7.11 Å². The van der Waals surface area contributed by atoms with E-state index < -0.39 is 0 Å². The normalized spacial score (nSPS) is 14.4. The summed E-state index contributed by atoms with van der Waals surface area (Å²) in [5.74, 6) is 2.22. The molecule has 0 radical (unpaired) electrons. The summed E-state index contributed by atoms with van der Waals surface area (Å²) in [6.45, 7) is 5.62. The fourth-order valence-corrected chi connectivity index (χ4v) is 2.43. The predicted octanol–water partition coefficient (Wildman–Crippen LogP) is 3.43. The second kappa shape index (κ2) is 7.33. The van der Waals surface area contributed by atoms with E-state index in [9.17, 15) is 0 Å². The number of methoxy groups -OCH3 is 1. The number of hydrogen-bond acceptors (Lipinski definition) is 2. The predicted molar refractivity (Wildman–Crippen MR) is 73.7 cm³/mol. The Kier molecular flexibility index (Phi) is 6.06. The Hall–Kier alpha value is -1.02.